The van der Waals surface area contributed by atoms with Crippen LogP contribution >= 0.6 is 15.9 Å². The van der Waals surface area contributed by atoms with Crippen molar-refractivity contribution >= 4 is 15.9 Å². The summed E-state index contributed by atoms with van der Waals surface area (Å²) in [7, 11) is 0. The highest BCUT2D eigenvalue weighted by molar-refractivity contribution is 9.10. The summed E-state index contributed by atoms with van der Waals surface area (Å²) in [5.41, 5.74) is 7.25. The molecule has 0 aliphatic carbocycles. The topological polar surface area (TPSA) is 56.7 Å². The second kappa shape index (κ2) is 5.58. The summed E-state index contributed by atoms with van der Waals surface area (Å²) in [5, 5.41) is 7.80. The summed E-state index contributed by atoms with van der Waals surface area (Å²) in [6, 6.07) is 4.52. The molecule has 0 saturated carbocycles. The van der Waals surface area contributed by atoms with E-state index in [0.29, 0.717) is 15.7 Å². The number of nitrogens with two attached hydrogens (primary N) is 1. The zero-order valence-electron chi connectivity index (χ0n) is 9.98. The number of rotatable bonds is 4. The monoisotopic (exact) mass is 312 g/mol. The molecule has 2 rings (SSSR count). The van der Waals surface area contributed by atoms with E-state index >= 15 is 0 Å². The number of hydrogen-bond acceptors (Lipinski definition) is 3. The van der Waals surface area contributed by atoms with Gasteiger partial charge in [-0.05, 0) is 28.4 Å². The van der Waals surface area contributed by atoms with Crippen LogP contribution in [-0.4, -0.2) is 15.0 Å². The molecule has 1 unspecified atom stereocenters. The maximum absolute atomic E-state index is 14.0. The number of aryl methyl sites for hydroxylation is 1. The second-order valence-electron chi connectivity index (χ2n) is 4.00. The molecule has 0 aliphatic heterocycles. The Morgan fingerprint density at radius 3 is 3.00 bits per heavy atom. The summed E-state index contributed by atoms with van der Waals surface area (Å²) < 4.78 is 16.1. The van der Waals surface area contributed by atoms with Gasteiger partial charge in [0.05, 0.1) is 22.4 Å². The number of nitrogens with zero attached hydrogens (tertiary/aromatic N) is 3. The Balaban J connectivity index is 2.38. The largest absolute Gasteiger partial charge is 0.319 e. The quantitative estimate of drug-likeness (QED) is 0.944. The van der Waals surface area contributed by atoms with Crippen molar-refractivity contribution < 1.29 is 4.39 Å². The van der Waals surface area contributed by atoms with Crippen LogP contribution in [0.15, 0.2) is 28.9 Å². The fourth-order valence-corrected chi connectivity index (χ4v) is 2.19. The number of benzene rings is 1. The molecule has 6 heteroatoms. The zero-order chi connectivity index (χ0) is 13.1. The summed E-state index contributed by atoms with van der Waals surface area (Å²) in [5.74, 6) is -0.339. The molecule has 0 spiro atoms. The van der Waals surface area contributed by atoms with Gasteiger partial charge in [0.2, 0.25) is 0 Å². The predicted molar refractivity (Wildman–Crippen MR) is 70.4 cm³/mol. The van der Waals surface area contributed by atoms with Crippen molar-refractivity contribution in [2.45, 2.75) is 25.9 Å². The Kier molecular flexibility index (Phi) is 4.08. The lowest BCUT2D eigenvalue weighted by Gasteiger charge is -2.14. The third-order valence-corrected chi connectivity index (χ3v) is 3.33. The minimum atomic E-state index is -0.566. The molecule has 0 aliphatic rings. The van der Waals surface area contributed by atoms with Crippen LogP contribution in [0.25, 0.3) is 0 Å². The predicted octanol–water partition coefficient (Wildman–Crippen LogP) is 2.64. The standard InChI is InChI=1S/C12H14BrFN4/c1-2-6-18-10(7-16-17-18)12(15)8-4-3-5-9(13)11(8)14/h3-5,7,12H,2,6,15H2,1H3. The minimum Gasteiger partial charge on any atom is -0.319 e. The highest BCUT2D eigenvalue weighted by atomic mass is 79.9. The molecule has 0 saturated heterocycles. The first-order valence-corrected chi connectivity index (χ1v) is 6.52. The molecule has 4 nitrogen and oxygen atoms in total. The van der Waals surface area contributed by atoms with Crippen molar-refractivity contribution in [1.29, 1.82) is 0 Å². The van der Waals surface area contributed by atoms with Gasteiger partial charge in [0, 0.05) is 12.1 Å². The lowest BCUT2D eigenvalue weighted by atomic mass is 10.0. The SMILES string of the molecule is CCCn1nncc1C(N)c1cccc(Br)c1F. The van der Waals surface area contributed by atoms with Crippen LogP contribution in [0.3, 0.4) is 0 Å². The molecule has 18 heavy (non-hydrogen) atoms. The van der Waals surface area contributed by atoms with Crippen molar-refractivity contribution in [1.82, 2.24) is 15.0 Å². The van der Waals surface area contributed by atoms with Gasteiger partial charge in [-0.1, -0.05) is 24.3 Å². The summed E-state index contributed by atoms with van der Waals surface area (Å²) in [6.07, 6.45) is 2.50. The summed E-state index contributed by atoms with van der Waals surface area (Å²) >= 11 is 3.16. The third-order valence-electron chi connectivity index (χ3n) is 2.72. The lowest BCUT2D eigenvalue weighted by molar-refractivity contribution is 0.532. The smallest absolute Gasteiger partial charge is 0.142 e. The molecular formula is C12H14BrFN4. The molecule has 0 bridgehead atoms. The Labute approximate surface area is 113 Å². The molecule has 0 fully saturated rings. The first-order chi connectivity index (χ1) is 8.65. The van der Waals surface area contributed by atoms with E-state index in [2.05, 4.69) is 26.2 Å². The van der Waals surface area contributed by atoms with Crippen molar-refractivity contribution in [2.75, 3.05) is 0 Å². The average molecular weight is 313 g/mol. The normalized spacial score (nSPS) is 12.7. The average Bonchev–Trinajstić information content (AvgIpc) is 2.80. The molecule has 1 aromatic heterocycles. The molecular weight excluding hydrogens is 299 g/mol. The Bertz CT molecular complexity index is 541. The maximum Gasteiger partial charge on any atom is 0.142 e. The van der Waals surface area contributed by atoms with E-state index in [0.717, 1.165) is 13.0 Å². The fourth-order valence-electron chi connectivity index (χ4n) is 1.81. The van der Waals surface area contributed by atoms with Gasteiger partial charge < -0.3 is 5.73 Å². The molecule has 2 N–H and O–H groups in total. The van der Waals surface area contributed by atoms with Gasteiger partial charge in [-0.2, -0.15) is 0 Å². The van der Waals surface area contributed by atoms with Crippen molar-refractivity contribution in [2.24, 2.45) is 5.73 Å². The number of halogens is 2. The van der Waals surface area contributed by atoms with Gasteiger partial charge in [0.25, 0.3) is 0 Å². The summed E-state index contributed by atoms with van der Waals surface area (Å²) in [4.78, 5) is 0. The van der Waals surface area contributed by atoms with Crippen molar-refractivity contribution in [3.8, 4) is 0 Å². The van der Waals surface area contributed by atoms with Crippen LogP contribution in [0.4, 0.5) is 4.39 Å². The van der Waals surface area contributed by atoms with E-state index in [-0.39, 0.29) is 5.82 Å². The molecule has 1 heterocycles. The van der Waals surface area contributed by atoms with Gasteiger partial charge in [-0.25, -0.2) is 9.07 Å². The van der Waals surface area contributed by atoms with Gasteiger partial charge in [-0.3, -0.25) is 0 Å². The van der Waals surface area contributed by atoms with Crippen LogP contribution in [0, 0.1) is 5.82 Å². The Morgan fingerprint density at radius 2 is 2.28 bits per heavy atom. The maximum atomic E-state index is 14.0. The molecule has 1 atom stereocenters. The summed E-state index contributed by atoms with van der Waals surface area (Å²) in [6.45, 7) is 2.76. The zero-order valence-corrected chi connectivity index (χ0v) is 11.6. The van der Waals surface area contributed by atoms with E-state index < -0.39 is 6.04 Å². The van der Waals surface area contributed by atoms with Crippen LogP contribution in [0.2, 0.25) is 0 Å². The Morgan fingerprint density at radius 1 is 1.50 bits per heavy atom. The number of aromatic nitrogens is 3. The number of hydrogen-bond donors (Lipinski definition) is 1. The minimum absolute atomic E-state index is 0.339. The first-order valence-electron chi connectivity index (χ1n) is 5.73. The van der Waals surface area contributed by atoms with Crippen molar-refractivity contribution in [3.05, 3.63) is 45.9 Å². The van der Waals surface area contributed by atoms with Crippen LogP contribution in [0.5, 0.6) is 0 Å². The highest BCUT2D eigenvalue weighted by Gasteiger charge is 2.19. The molecule has 1 aromatic carbocycles. The molecule has 0 amide bonds. The van der Waals surface area contributed by atoms with E-state index in [1.165, 1.54) is 0 Å². The first kappa shape index (κ1) is 13.2. The molecule has 0 radical (unpaired) electrons. The van der Waals surface area contributed by atoms with E-state index in [4.69, 9.17) is 5.73 Å². The second-order valence-corrected chi connectivity index (χ2v) is 4.86. The van der Waals surface area contributed by atoms with Crippen LogP contribution in [0.1, 0.15) is 30.6 Å². The van der Waals surface area contributed by atoms with E-state index in [1.54, 1.807) is 29.1 Å². The Hall–Kier alpha value is -1.27. The van der Waals surface area contributed by atoms with E-state index in [9.17, 15) is 4.39 Å². The third kappa shape index (κ3) is 2.44. The van der Waals surface area contributed by atoms with Crippen LogP contribution in [-0.2, 0) is 6.54 Å². The van der Waals surface area contributed by atoms with Crippen LogP contribution < -0.4 is 5.73 Å². The van der Waals surface area contributed by atoms with Crippen molar-refractivity contribution in [3.63, 3.8) is 0 Å². The van der Waals surface area contributed by atoms with Gasteiger partial charge in [-0.15, -0.1) is 5.10 Å². The molecule has 96 valence electrons. The highest BCUT2D eigenvalue weighted by Crippen LogP contribution is 2.26. The van der Waals surface area contributed by atoms with Gasteiger partial charge in [0.1, 0.15) is 5.82 Å². The van der Waals surface area contributed by atoms with E-state index in [1.807, 2.05) is 6.92 Å². The fraction of sp³-hybridized carbons (Fsp3) is 0.333. The molecule has 2 aromatic rings. The van der Waals surface area contributed by atoms with Gasteiger partial charge >= 0.3 is 0 Å². The van der Waals surface area contributed by atoms with Gasteiger partial charge in [0.15, 0.2) is 0 Å². The lowest BCUT2D eigenvalue weighted by Crippen LogP contribution is -2.19.